The molecule has 1 amide bonds. The minimum atomic E-state index is -3.62. The quantitative estimate of drug-likeness (QED) is 0.759. The van der Waals surface area contributed by atoms with Crippen LogP contribution in [0.1, 0.15) is 26.3 Å². The maximum atomic E-state index is 12.3. The molecule has 0 fully saturated rings. The Hall–Kier alpha value is -2.09. The predicted octanol–water partition coefficient (Wildman–Crippen LogP) is 3.74. The van der Waals surface area contributed by atoms with E-state index in [9.17, 15) is 13.2 Å². The van der Waals surface area contributed by atoms with Crippen molar-refractivity contribution in [2.75, 3.05) is 11.9 Å². The number of carbonyl (C=O) groups excluding carboxylic acids is 1. The number of amides is 1. The number of ether oxygens (including phenoxy) is 1. The Morgan fingerprint density at radius 2 is 1.74 bits per heavy atom. The second-order valence-electron chi connectivity index (χ2n) is 7.13. The van der Waals surface area contributed by atoms with Crippen molar-refractivity contribution in [1.82, 2.24) is 4.72 Å². The van der Waals surface area contributed by atoms with Crippen LogP contribution in [0, 0.1) is 6.92 Å². The molecule has 0 aliphatic rings. The van der Waals surface area contributed by atoms with Gasteiger partial charge in [-0.15, -0.1) is 0 Å². The van der Waals surface area contributed by atoms with Crippen LogP contribution in [0.4, 0.5) is 5.69 Å². The van der Waals surface area contributed by atoms with Gasteiger partial charge < -0.3 is 10.1 Å². The van der Waals surface area contributed by atoms with Gasteiger partial charge in [-0.25, -0.2) is 13.1 Å². The molecule has 0 radical (unpaired) electrons. The lowest BCUT2D eigenvalue weighted by molar-refractivity contribution is -0.118. The summed E-state index contributed by atoms with van der Waals surface area (Å²) in [7, 11) is -3.62. The van der Waals surface area contributed by atoms with Gasteiger partial charge in [-0.2, -0.15) is 0 Å². The first-order chi connectivity index (χ1) is 12.5. The molecular formula is C19H23ClN2O4S. The van der Waals surface area contributed by atoms with Crippen molar-refractivity contribution in [3.63, 3.8) is 0 Å². The van der Waals surface area contributed by atoms with Gasteiger partial charge in [0.1, 0.15) is 5.75 Å². The molecule has 0 saturated heterocycles. The Kier molecular flexibility index (Phi) is 6.51. The smallest absolute Gasteiger partial charge is 0.262 e. The Morgan fingerprint density at radius 1 is 1.11 bits per heavy atom. The average Bonchev–Trinajstić information content (AvgIpc) is 2.52. The minimum Gasteiger partial charge on any atom is -0.483 e. The highest BCUT2D eigenvalue weighted by atomic mass is 35.5. The summed E-state index contributed by atoms with van der Waals surface area (Å²) in [6, 6.07) is 11.1. The second-order valence-corrected chi connectivity index (χ2v) is 9.25. The lowest BCUT2D eigenvalue weighted by atomic mass is 10.1. The van der Waals surface area contributed by atoms with Gasteiger partial charge in [0.05, 0.1) is 4.90 Å². The summed E-state index contributed by atoms with van der Waals surface area (Å²) in [5.74, 6) is 0.219. The number of nitrogens with one attached hydrogen (secondary N) is 2. The van der Waals surface area contributed by atoms with Gasteiger partial charge in [0, 0.05) is 16.2 Å². The van der Waals surface area contributed by atoms with Gasteiger partial charge in [0.2, 0.25) is 10.0 Å². The van der Waals surface area contributed by atoms with Gasteiger partial charge >= 0.3 is 0 Å². The molecule has 6 nitrogen and oxygen atoms in total. The van der Waals surface area contributed by atoms with Gasteiger partial charge in [0.15, 0.2) is 6.61 Å². The SMILES string of the molecule is Cc1cc(Cl)ccc1OCC(=O)Nc1ccc(S(=O)(=O)NC(C)(C)C)cc1. The lowest BCUT2D eigenvalue weighted by Gasteiger charge is -2.20. The normalized spacial score (nSPS) is 11.9. The van der Waals surface area contributed by atoms with Crippen LogP contribution in [0.25, 0.3) is 0 Å². The van der Waals surface area contributed by atoms with E-state index in [1.165, 1.54) is 24.3 Å². The number of hydrogen-bond acceptors (Lipinski definition) is 4. The highest BCUT2D eigenvalue weighted by molar-refractivity contribution is 7.89. The fourth-order valence-electron chi connectivity index (χ4n) is 2.29. The van der Waals surface area contributed by atoms with Crippen molar-refractivity contribution < 1.29 is 17.9 Å². The van der Waals surface area contributed by atoms with E-state index < -0.39 is 15.6 Å². The summed E-state index contributed by atoms with van der Waals surface area (Å²) in [5, 5.41) is 3.26. The maximum Gasteiger partial charge on any atom is 0.262 e. The summed E-state index contributed by atoms with van der Waals surface area (Å²) in [4.78, 5) is 12.2. The molecular weight excluding hydrogens is 388 g/mol. The molecule has 0 aliphatic carbocycles. The van der Waals surface area contributed by atoms with E-state index in [1.54, 1.807) is 39.0 Å². The van der Waals surface area contributed by atoms with Crippen LogP contribution in [0.15, 0.2) is 47.4 Å². The van der Waals surface area contributed by atoms with Crippen LogP contribution in [0.3, 0.4) is 0 Å². The largest absolute Gasteiger partial charge is 0.483 e. The molecule has 0 spiro atoms. The Bertz CT molecular complexity index is 920. The van der Waals surface area contributed by atoms with Gasteiger partial charge in [-0.1, -0.05) is 11.6 Å². The van der Waals surface area contributed by atoms with Gasteiger partial charge in [-0.3, -0.25) is 4.79 Å². The third-order valence-electron chi connectivity index (χ3n) is 3.38. The first-order valence-electron chi connectivity index (χ1n) is 8.29. The number of hydrogen-bond donors (Lipinski definition) is 2. The van der Waals surface area contributed by atoms with Crippen LogP contribution in [-0.4, -0.2) is 26.5 Å². The summed E-state index contributed by atoms with van der Waals surface area (Å²) < 4.78 is 32.6. The number of halogens is 1. The zero-order chi connectivity index (χ0) is 20.2. The number of benzene rings is 2. The van der Waals surface area contributed by atoms with Gasteiger partial charge in [0.25, 0.3) is 5.91 Å². The average molecular weight is 411 g/mol. The molecule has 27 heavy (non-hydrogen) atoms. The highest BCUT2D eigenvalue weighted by Crippen LogP contribution is 2.22. The Labute approximate surface area is 164 Å². The minimum absolute atomic E-state index is 0.128. The standard InChI is InChI=1S/C19H23ClN2O4S/c1-13-11-14(20)5-10-17(13)26-12-18(23)21-15-6-8-16(9-7-15)27(24,25)22-19(2,3)4/h5-11,22H,12H2,1-4H3,(H,21,23). The number of anilines is 1. The van der Waals surface area contributed by atoms with Crippen LogP contribution < -0.4 is 14.8 Å². The molecule has 2 N–H and O–H groups in total. The van der Waals surface area contributed by atoms with E-state index in [-0.39, 0.29) is 17.4 Å². The van der Waals surface area contributed by atoms with Crippen LogP contribution >= 0.6 is 11.6 Å². The van der Waals surface area contributed by atoms with Crippen LogP contribution in [-0.2, 0) is 14.8 Å². The fraction of sp³-hybridized carbons (Fsp3) is 0.316. The maximum absolute atomic E-state index is 12.3. The molecule has 2 rings (SSSR count). The number of aryl methyl sites for hydroxylation is 1. The highest BCUT2D eigenvalue weighted by Gasteiger charge is 2.21. The van der Waals surface area contributed by atoms with E-state index in [4.69, 9.17) is 16.3 Å². The Morgan fingerprint density at radius 3 is 2.30 bits per heavy atom. The molecule has 0 aromatic heterocycles. The first kappa shape index (κ1) is 21.2. The predicted molar refractivity (Wildman–Crippen MR) is 107 cm³/mol. The van der Waals surface area contributed by atoms with Crippen molar-refractivity contribution in [2.45, 2.75) is 38.1 Å². The number of sulfonamides is 1. The third kappa shape index (κ3) is 6.53. The van der Waals surface area contributed by atoms with Crippen LogP contribution in [0.5, 0.6) is 5.75 Å². The van der Waals surface area contributed by atoms with E-state index in [1.807, 2.05) is 6.92 Å². The molecule has 2 aromatic rings. The zero-order valence-electron chi connectivity index (χ0n) is 15.7. The van der Waals surface area contributed by atoms with Crippen molar-refractivity contribution >= 4 is 33.2 Å². The summed E-state index contributed by atoms with van der Waals surface area (Å²) in [5.41, 5.74) is 0.727. The van der Waals surface area contributed by atoms with Crippen LogP contribution in [0.2, 0.25) is 5.02 Å². The molecule has 0 heterocycles. The molecule has 0 saturated carbocycles. The Balaban J connectivity index is 1.96. The topological polar surface area (TPSA) is 84.5 Å². The molecule has 0 bridgehead atoms. The first-order valence-corrected chi connectivity index (χ1v) is 10.2. The number of rotatable bonds is 6. The molecule has 8 heteroatoms. The van der Waals surface area contributed by atoms with Crippen molar-refractivity contribution in [1.29, 1.82) is 0 Å². The van der Waals surface area contributed by atoms with E-state index in [0.717, 1.165) is 5.56 Å². The summed E-state index contributed by atoms with van der Waals surface area (Å²) >= 11 is 5.88. The van der Waals surface area contributed by atoms with Crippen molar-refractivity contribution in [2.24, 2.45) is 0 Å². The van der Waals surface area contributed by atoms with E-state index >= 15 is 0 Å². The summed E-state index contributed by atoms with van der Waals surface area (Å²) in [6.07, 6.45) is 0. The molecule has 0 atom stereocenters. The van der Waals surface area contributed by atoms with E-state index in [2.05, 4.69) is 10.0 Å². The molecule has 146 valence electrons. The third-order valence-corrected chi connectivity index (χ3v) is 5.39. The fourth-order valence-corrected chi connectivity index (χ4v) is 3.94. The van der Waals surface area contributed by atoms with Gasteiger partial charge in [-0.05, 0) is 75.7 Å². The lowest BCUT2D eigenvalue weighted by Crippen LogP contribution is -2.40. The summed E-state index contributed by atoms with van der Waals surface area (Å²) in [6.45, 7) is 6.96. The van der Waals surface area contributed by atoms with E-state index in [0.29, 0.717) is 16.5 Å². The molecule has 0 unspecified atom stereocenters. The zero-order valence-corrected chi connectivity index (χ0v) is 17.2. The van der Waals surface area contributed by atoms with Crippen molar-refractivity contribution in [3.8, 4) is 5.75 Å². The monoisotopic (exact) mass is 410 g/mol. The molecule has 2 aromatic carbocycles. The second kappa shape index (κ2) is 8.29. The van der Waals surface area contributed by atoms with Crippen molar-refractivity contribution in [3.05, 3.63) is 53.1 Å². The number of carbonyl (C=O) groups is 1. The molecule has 0 aliphatic heterocycles.